The zero-order valence-corrected chi connectivity index (χ0v) is 10.8. The van der Waals surface area contributed by atoms with E-state index in [9.17, 15) is 22.8 Å². The molecule has 0 aliphatic heterocycles. The van der Waals surface area contributed by atoms with Crippen molar-refractivity contribution in [2.75, 3.05) is 5.32 Å². The summed E-state index contributed by atoms with van der Waals surface area (Å²) in [5.74, 6) is -1.55. The highest BCUT2D eigenvalue weighted by atomic mass is 19.4. The molecule has 0 saturated heterocycles. The monoisotopic (exact) mass is 305 g/mol. The average molecular weight is 305 g/mol. The molecular weight excluding hydrogens is 291 g/mol. The van der Waals surface area contributed by atoms with Crippen LogP contribution in [0.1, 0.15) is 12.8 Å². The molecule has 5 N–H and O–H groups in total. The van der Waals surface area contributed by atoms with E-state index in [1.807, 2.05) is 0 Å². The molecule has 0 spiro atoms. The Morgan fingerprint density at radius 2 is 1.81 bits per heavy atom. The van der Waals surface area contributed by atoms with Gasteiger partial charge >= 0.3 is 6.36 Å². The van der Waals surface area contributed by atoms with Gasteiger partial charge in [0.05, 0.1) is 6.04 Å². The maximum Gasteiger partial charge on any atom is 0.573 e. The van der Waals surface area contributed by atoms with Crippen LogP contribution in [0.15, 0.2) is 24.3 Å². The highest BCUT2D eigenvalue weighted by Gasteiger charge is 2.30. The van der Waals surface area contributed by atoms with Crippen LogP contribution in [0.4, 0.5) is 18.9 Å². The third kappa shape index (κ3) is 6.61. The van der Waals surface area contributed by atoms with Gasteiger partial charge in [-0.2, -0.15) is 0 Å². The third-order valence-electron chi connectivity index (χ3n) is 2.39. The fourth-order valence-electron chi connectivity index (χ4n) is 1.40. The number of nitrogens with one attached hydrogen (secondary N) is 1. The van der Waals surface area contributed by atoms with E-state index in [1.54, 1.807) is 0 Å². The van der Waals surface area contributed by atoms with Crippen LogP contribution < -0.4 is 21.5 Å². The van der Waals surface area contributed by atoms with Crippen molar-refractivity contribution in [1.82, 2.24) is 0 Å². The number of carbonyl (C=O) groups excluding carboxylic acids is 2. The average Bonchev–Trinajstić information content (AvgIpc) is 2.36. The summed E-state index contributed by atoms with van der Waals surface area (Å²) in [6.45, 7) is 0. The van der Waals surface area contributed by atoms with E-state index in [1.165, 1.54) is 12.1 Å². The number of halogens is 3. The molecule has 1 aromatic carbocycles. The number of amides is 2. The van der Waals surface area contributed by atoms with E-state index in [-0.39, 0.29) is 18.5 Å². The van der Waals surface area contributed by atoms with Gasteiger partial charge in [0.25, 0.3) is 0 Å². The molecule has 6 nitrogen and oxygen atoms in total. The van der Waals surface area contributed by atoms with Crippen molar-refractivity contribution in [2.24, 2.45) is 11.5 Å². The van der Waals surface area contributed by atoms with Crippen molar-refractivity contribution >= 4 is 17.5 Å². The molecule has 0 aromatic heterocycles. The summed E-state index contributed by atoms with van der Waals surface area (Å²) < 4.78 is 39.6. The van der Waals surface area contributed by atoms with E-state index >= 15 is 0 Å². The largest absolute Gasteiger partial charge is 0.573 e. The van der Waals surface area contributed by atoms with Crippen LogP contribution in [0.25, 0.3) is 0 Å². The van der Waals surface area contributed by atoms with Crippen molar-refractivity contribution < 1.29 is 27.5 Å². The van der Waals surface area contributed by atoms with Gasteiger partial charge in [0.1, 0.15) is 5.75 Å². The normalized spacial score (nSPS) is 12.6. The second-order valence-corrected chi connectivity index (χ2v) is 4.17. The molecule has 1 atom stereocenters. The molecule has 0 saturated carbocycles. The van der Waals surface area contributed by atoms with Gasteiger partial charge in [0, 0.05) is 12.1 Å². The molecule has 0 aliphatic carbocycles. The Hall–Kier alpha value is -2.29. The van der Waals surface area contributed by atoms with Crippen LogP contribution in [0.2, 0.25) is 0 Å². The standard InChI is InChI=1S/C12H14F3N3O3/c13-12(14,15)21-8-3-1-7(2-4-8)18-11(20)9(16)5-6-10(17)19/h1-4,9H,5-6,16H2,(H2,17,19)(H,18,20)/t9-/m0/s1. The number of anilines is 1. The molecule has 9 heteroatoms. The minimum Gasteiger partial charge on any atom is -0.406 e. The van der Waals surface area contributed by atoms with Crippen molar-refractivity contribution in [3.8, 4) is 5.75 Å². The summed E-state index contributed by atoms with van der Waals surface area (Å²) in [5, 5.41) is 2.40. The SMILES string of the molecule is NC(=O)CC[C@H](N)C(=O)Nc1ccc(OC(F)(F)F)cc1. The fraction of sp³-hybridized carbons (Fsp3) is 0.333. The zero-order valence-electron chi connectivity index (χ0n) is 10.8. The van der Waals surface area contributed by atoms with Crippen LogP contribution in [-0.2, 0) is 9.59 Å². The molecule has 2 amide bonds. The number of benzene rings is 1. The first-order chi connectivity index (χ1) is 9.67. The van der Waals surface area contributed by atoms with Gasteiger partial charge in [-0.05, 0) is 30.7 Å². The van der Waals surface area contributed by atoms with E-state index < -0.39 is 30.0 Å². The number of rotatable bonds is 6. The minimum absolute atomic E-state index is 0.0348. The Morgan fingerprint density at radius 3 is 2.29 bits per heavy atom. The maximum atomic E-state index is 12.0. The molecule has 0 heterocycles. The number of ether oxygens (including phenoxy) is 1. The van der Waals surface area contributed by atoms with Gasteiger partial charge in [-0.15, -0.1) is 13.2 Å². The summed E-state index contributed by atoms with van der Waals surface area (Å²) in [6, 6.07) is 3.64. The second-order valence-electron chi connectivity index (χ2n) is 4.17. The highest BCUT2D eigenvalue weighted by Crippen LogP contribution is 2.23. The summed E-state index contributed by atoms with van der Waals surface area (Å²) in [5.41, 5.74) is 10.7. The first kappa shape index (κ1) is 16.8. The fourth-order valence-corrected chi connectivity index (χ4v) is 1.40. The second kappa shape index (κ2) is 6.93. The first-order valence-electron chi connectivity index (χ1n) is 5.88. The summed E-state index contributed by atoms with van der Waals surface area (Å²) >= 11 is 0. The van der Waals surface area contributed by atoms with Crippen LogP contribution in [0.3, 0.4) is 0 Å². The van der Waals surface area contributed by atoms with E-state index in [0.717, 1.165) is 12.1 Å². The van der Waals surface area contributed by atoms with Crippen LogP contribution >= 0.6 is 0 Å². The van der Waals surface area contributed by atoms with E-state index in [0.29, 0.717) is 0 Å². The number of hydrogen-bond donors (Lipinski definition) is 3. The van der Waals surface area contributed by atoms with Crippen molar-refractivity contribution in [2.45, 2.75) is 25.2 Å². The number of alkyl halides is 3. The number of carbonyl (C=O) groups is 2. The summed E-state index contributed by atoms with van der Waals surface area (Å²) in [4.78, 5) is 22.2. The Bertz CT molecular complexity index is 503. The number of primary amides is 1. The quantitative estimate of drug-likeness (QED) is 0.731. The van der Waals surface area contributed by atoms with Gasteiger partial charge in [-0.25, -0.2) is 0 Å². The van der Waals surface area contributed by atoms with Crippen molar-refractivity contribution in [3.05, 3.63) is 24.3 Å². The Kier molecular flexibility index (Phi) is 5.53. The molecule has 116 valence electrons. The van der Waals surface area contributed by atoms with Gasteiger partial charge in [0.2, 0.25) is 11.8 Å². The van der Waals surface area contributed by atoms with Gasteiger partial charge in [-0.3, -0.25) is 9.59 Å². The molecule has 21 heavy (non-hydrogen) atoms. The summed E-state index contributed by atoms with van der Waals surface area (Å²) in [6.07, 6.45) is -4.73. The molecule has 0 unspecified atom stereocenters. The lowest BCUT2D eigenvalue weighted by molar-refractivity contribution is -0.274. The smallest absolute Gasteiger partial charge is 0.406 e. The zero-order chi connectivity index (χ0) is 16.0. The summed E-state index contributed by atoms with van der Waals surface area (Å²) in [7, 11) is 0. The van der Waals surface area contributed by atoms with E-state index in [2.05, 4.69) is 10.1 Å². The predicted octanol–water partition coefficient (Wildman–Crippen LogP) is 1.12. The van der Waals surface area contributed by atoms with Gasteiger partial charge < -0.3 is 21.5 Å². The molecular formula is C12H14F3N3O3. The predicted molar refractivity (Wildman–Crippen MR) is 68.2 cm³/mol. The topological polar surface area (TPSA) is 107 Å². The third-order valence-corrected chi connectivity index (χ3v) is 2.39. The maximum absolute atomic E-state index is 12.0. The number of nitrogens with two attached hydrogens (primary N) is 2. The molecule has 0 bridgehead atoms. The van der Waals surface area contributed by atoms with Crippen molar-refractivity contribution in [3.63, 3.8) is 0 Å². The van der Waals surface area contributed by atoms with E-state index in [4.69, 9.17) is 11.5 Å². The van der Waals surface area contributed by atoms with Crippen LogP contribution in [0, 0.1) is 0 Å². The van der Waals surface area contributed by atoms with Gasteiger partial charge in [0.15, 0.2) is 0 Å². The molecule has 1 rings (SSSR count). The van der Waals surface area contributed by atoms with Crippen LogP contribution in [0.5, 0.6) is 5.75 Å². The highest BCUT2D eigenvalue weighted by molar-refractivity contribution is 5.95. The lowest BCUT2D eigenvalue weighted by Crippen LogP contribution is -2.36. The Morgan fingerprint density at radius 1 is 1.24 bits per heavy atom. The van der Waals surface area contributed by atoms with Crippen molar-refractivity contribution in [1.29, 1.82) is 0 Å². The van der Waals surface area contributed by atoms with Crippen LogP contribution in [-0.4, -0.2) is 24.2 Å². The lowest BCUT2D eigenvalue weighted by Gasteiger charge is -2.12. The minimum atomic E-state index is -4.78. The number of hydrogen-bond acceptors (Lipinski definition) is 4. The Balaban J connectivity index is 2.55. The molecule has 0 aliphatic rings. The lowest BCUT2D eigenvalue weighted by atomic mass is 10.1. The molecule has 0 fully saturated rings. The Labute approximate surface area is 118 Å². The first-order valence-corrected chi connectivity index (χ1v) is 5.88. The molecule has 1 aromatic rings. The molecule has 0 radical (unpaired) electrons. The van der Waals surface area contributed by atoms with Gasteiger partial charge in [-0.1, -0.05) is 0 Å².